The summed E-state index contributed by atoms with van der Waals surface area (Å²) < 4.78 is 12.6. The Morgan fingerprint density at radius 3 is 2.87 bits per heavy atom. The van der Waals surface area contributed by atoms with E-state index < -0.39 is 42.5 Å². The van der Waals surface area contributed by atoms with E-state index in [0.717, 1.165) is 26.0 Å². The maximum atomic E-state index is 13.1. The molecule has 0 spiro atoms. The van der Waals surface area contributed by atoms with Gasteiger partial charge in [-0.3, -0.25) is 19.5 Å². The molecule has 6 N–H and O–H groups in total. The van der Waals surface area contributed by atoms with Crippen LogP contribution in [-0.4, -0.2) is 86.2 Å². The Labute approximate surface area is 243 Å². The summed E-state index contributed by atoms with van der Waals surface area (Å²) in [5.41, 5.74) is 10.6. The number of β-lactam (4-membered cyclic amide) rings is 1. The highest BCUT2D eigenvalue weighted by Gasteiger charge is 2.54. The van der Waals surface area contributed by atoms with Gasteiger partial charge in [-0.1, -0.05) is 39.9 Å². The fraction of sp³-hybridized carbons (Fsp3) is 0.333. The molecule has 2 aliphatic rings. The molecule has 2 aromatic rings. The normalized spacial score (nSPS) is 19.0. The van der Waals surface area contributed by atoms with Crippen molar-refractivity contribution in [2.24, 2.45) is 10.9 Å². The summed E-state index contributed by atoms with van der Waals surface area (Å²) in [5, 5.41) is 15.6. The second-order valence-corrected chi connectivity index (χ2v) is 12.6. The molecule has 4 rings (SSSR count). The molecule has 1 saturated heterocycles. The van der Waals surface area contributed by atoms with E-state index in [4.69, 9.17) is 27.9 Å². The molecule has 1 fully saturated rings. The predicted octanol–water partition coefficient (Wildman–Crippen LogP) is 2.00. The Morgan fingerprint density at radius 2 is 2.21 bits per heavy atom. The van der Waals surface area contributed by atoms with Gasteiger partial charge in [0.2, 0.25) is 0 Å². The number of nitrogens with two attached hydrogens (primary N) is 2. The molecule has 4 heterocycles. The van der Waals surface area contributed by atoms with Gasteiger partial charge in [0.25, 0.3) is 11.8 Å². The molecule has 2 aromatic heterocycles. The Hall–Kier alpha value is -2.57. The minimum atomic E-state index is -1.27. The number of thioether (sulfide) groups is 3. The van der Waals surface area contributed by atoms with Crippen molar-refractivity contribution in [2.75, 3.05) is 37.1 Å². The van der Waals surface area contributed by atoms with Crippen molar-refractivity contribution < 1.29 is 28.7 Å². The number of hydrogen-bond acceptors (Lipinski definition) is 13. The Kier molecular flexibility index (Phi) is 9.95. The molecular formula is C21H21ClFN7O5S4. The zero-order chi connectivity index (χ0) is 28.1. The molecule has 0 aliphatic carbocycles. The number of pyridine rings is 1. The average Bonchev–Trinajstić information content (AvgIpc) is 3.25. The van der Waals surface area contributed by atoms with E-state index in [-0.39, 0.29) is 32.3 Å². The maximum Gasteiger partial charge on any atom is 0.353 e. The van der Waals surface area contributed by atoms with E-state index in [9.17, 15) is 23.9 Å². The summed E-state index contributed by atoms with van der Waals surface area (Å²) in [4.78, 5) is 54.7. The zero-order valence-electron chi connectivity index (χ0n) is 19.8. The topological polar surface area (TPSA) is 186 Å². The van der Waals surface area contributed by atoms with Crippen LogP contribution in [0.25, 0.3) is 0 Å². The van der Waals surface area contributed by atoms with Crippen LogP contribution in [0.3, 0.4) is 0 Å². The van der Waals surface area contributed by atoms with Crippen molar-refractivity contribution in [3.63, 3.8) is 0 Å². The smallest absolute Gasteiger partial charge is 0.353 e. The molecule has 39 heavy (non-hydrogen) atoms. The summed E-state index contributed by atoms with van der Waals surface area (Å²) in [6, 6.07) is 0.719. The summed E-state index contributed by atoms with van der Waals surface area (Å²) >= 11 is 11.1. The van der Waals surface area contributed by atoms with Gasteiger partial charge in [-0.2, -0.15) is 0 Å². The Balaban J connectivity index is 1.54. The van der Waals surface area contributed by atoms with E-state index in [0.29, 0.717) is 17.2 Å². The molecule has 0 saturated carbocycles. The number of halogens is 2. The number of fused-ring (bicyclic) bond motifs is 1. The van der Waals surface area contributed by atoms with Crippen molar-refractivity contribution in [1.82, 2.24) is 20.2 Å². The van der Waals surface area contributed by atoms with Gasteiger partial charge in [-0.25, -0.2) is 14.2 Å². The number of carbonyl (C=O) groups is 3. The number of nitrogens with zero attached hydrogens (tertiary/aromatic N) is 4. The van der Waals surface area contributed by atoms with Crippen LogP contribution in [0.4, 0.5) is 9.52 Å². The van der Waals surface area contributed by atoms with Gasteiger partial charge >= 0.3 is 5.97 Å². The number of nitrogen functional groups attached to an aromatic ring is 1. The fourth-order valence-electron chi connectivity index (χ4n) is 3.54. The molecule has 0 bridgehead atoms. The van der Waals surface area contributed by atoms with Crippen LogP contribution in [0.2, 0.25) is 4.34 Å². The molecule has 2 atom stereocenters. The monoisotopic (exact) mass is 633 g/mol. The third-order valence-electron chi connectivity index (χ3n) is 5.14. The van der Waals surface area contributed by atoms with Crippen LogP contribution in [0.5, 0.6) is 0 Å². The van der Waals surface area contributed by atoms with Crippen molar-refractivity contribution >= 4 is 86.9 Å². The number of carboxylic acids is 1. The minimum absolute atomic E-state index is 0.0525. The van der Waals surface area contributed by atoms with Crippen molar-refractivity contribution in [1.29, 1.82) is 0 Å². The van der Waals surface area contributed by atoms with Crippen LogP contribution >= 0.6 is 58.2 Å². The van der Waals surface area contributed by atoms with Crippen LogP contribution in [0, 0.1) is 0 Å². The first-order valence-electron chi connectivity index (χ1n) is 11.1. The van der Waals surface area contributed by atoms with Crippen LogP contribution in [0.1, 0.15) is 5.69 Å². The van der Waals surface area contributed by atoms with Crippen molar-refractivity contribution in [2.45, 2.75) is 21.2 Å². The van der Waals surface area contributed by atoms with Crippen LogP contribution in [0.15, 0.2) is 44.0 Å². The number of oxime groups is 1. The lowest BCUT2D eigenvalue weighted by atomic mass is 10.0. The highest BCUT2D eigenvalue weighted by molar-refractivity contribution is 8.07. The number of aromatic nitrogens is 2. The largest absolute Gasteiger partial charge is 0.477 e. The number of hydrogen-bond donors (Lipinski definition) is 4. The van der Waals surface area contributed by atoms with Gasteiger partial charge in [0, 0.05) is 45.1 Å². The molecule has 0 radical (unpaired) electrons. The van der Waals surface area contributed by atoms with Gasteiger partial charge in [0.05, 0.1) is 0 Å². The lowest BCUT2D eigenvalue weighted by Gasteiger charge is -2.49. The molecular weight excluding hydrogens is 613 g/mol. The number of amides is 2. The number of carbonyl (C=O) groups excluding carboxylic acids is 2. The summed E-state index contributed by atoms with van der Waals surface area (Å²) in [7, 11) is 0. The molecule has 2 aliphatic heterocycles. The van der Waals surface area contributed by atoms with Crippen LogP contribution in [-0.2, 0) is 19.2 Å². The Morgan fingerprint density at radius 1 is 1.41 bits per heavy atom. The quantitative estimate of drug-likeness (QED) is 0.0877. The van der Waals surface area contributed by atoms with E-state index in [2.05, 4.69) is 20.4 Å². The first kappa shape index (κ1) is 29.4. The number of carboxylic acid groups (broad SMARTS) is 1. The van der Waals surface area contributed by atoms with Gasteiger partial charge < -0.3 is 26.7 Å². The summed E-state index contributed by atoms with van der Waals surface area (Å²) in [6.07, 6.45) is 3.29. The first-order chi connectivity index (χ1) is 18.8. The maximum absolute atomic E-state index is 13.1. The van der Waals surface area contributed by atoms with E-state index in [1.807, 2.05) is 0 Å². The number of alkyl halides is 1. The molecule has 12 nitrogen and oxygen atoms in total. The second kappa shape index (κ2) is 13.2. The lowest BCUT2D eigenvalue weighted by Crippen LogP contribution is -2.71. The molecule has 0 aromatic carbocycles. The SMILES string of the molecule is NCCSc1cnccc1SC1=C(C(=O)O)N2C(=O)[C@@H](NC(=O)C(=NOCCF)c3nc(N)sc3Cl)[C@@H]2SC1. The fourth-order valence-corrected chi connectivity index (χ4v) is 7.92. The van der Waals surface area contributed by atoms with E-state index >= 15 is 0 Å². The number of aliphatic carboxylic acids is 1. The van der Waals surface area contributed by atoms with Crippen LogP contribution < -0.4 is 16.8 Å². The molecule has 0 unspecified atom stereocenters. The van der Waals surface area contributed by atoms with Gasteiger partial charge in [0.1, 0.15) is 40.4 Å². The minimum Gasteiger partial charge on any atom is -0.477 e. The number of thiazole rings is 1. The predicted molar refractivity (Wildman–Crippen MR) is 150 cm³/mol. The highest BCUT2D eigenvalue weighted by Crippen LogP contribution is 2.46. The van der Waals surface area contributed by atoms with E-state index in [1.165, 1.54) is 35.3 Å². The third kappa shape index (κ3) is 6.44. The first-order valence-corrected chi connectivity index (χ1v) is 15.2. The number of rotatable bonds is 12. The number of anilines is 1. The standard InChI is InChI=1S/C21H21ClFN7O5S4/c22-16-12(28-21(25)39-16)13(29-35-5-2-23)17(31)27-14-18(32)30-15(20(33)34)11(8-37-19(14)30)38-9-1-4-26-7-10(9)36-6-3-24/h1,4,7,14,19H,2-3,5-6,8,24H2,(H2,25,28)(H,27,31)(H,33,34)/t14-,19+/m1/s1. The third-order valence-corrected chi connectivity index (χ3v) is 10.1. The summed E-state index contributed by atoms with van der Waals surface area (Å²) in [6.45, 7) is -0.798. The van der Waals surface area contributed by atoms with E-state index in [1.54, 1.807) is 18.5 Å². The van der Waals surface area contributed by atoms with Gasteiger partial charge in [-0.15, -0.1) is 23.5 Å². The molecule has 208 valence electrons. The van der Waals surface area contributed by atoms with Crippen molar-refractivity contribution in [3.05, 3.63) is 39.1 Å². The lowest BCUT2D eigenvalue weighted by molar-refractivity contribution is -0.150. The average molecular weight is 634 g/mol. The highest BCUT2D eigenvalue weighted by atomic mass is 35.5. The zero-order valence-corrected chi connectivity index (χ0v) is 23.9. The Bertz CT molecular complexity index is 1340. The molecule has 2 amide bonds. The van der Waals surface area contributed by atoms with Gasteiger partial charge in [-0.05, 0) is 6.07 Å². The van der Waals surface area contributed by atoms with Crippen molar-refractivity contribution in [3.8, 4) is 0 Å². The van der Waals surface area contributed by atoms with Gasteiger partial charge in [0.15, 0.2) is 10.8 Å². The second-order valence-electron chi connectivity index (χ2n) is 7.64. The number of nitrogens with one attached hydrogen (secondary N) is 1. The molecule has 18 heteroatoms. The summed E-state index contributed by atoms with van der Waals surface area (Å²) in [5.74, 6) is -1.80.